The van der Waals surface area contributed by atoms with Gasteiger partial charge in [0.15, 0.2) is 0 Å². The van der Waals surface area contributed by atoms with Crippen LogP contribution >= 0.6 is 0 Å². The maximum atomic E-state index is 11.4. The van der Waals surface area contributed by atoms with E-state index in [1.165, 1.54) is 4.68 Å². The lowest BCUT2D eigenvalue weighted by Gasteiger charge is -1.94. The van der Waals surface area contributed by atoms with Crippen molar-refractivity contribution in [3.63, 3.8) is 0 Å². The Morgan fingerprint density at radius 2 is 2.31 bits per heavy atom. The molecule has 0 aliphatic heterocycles. The molecule has 0 atom stereocenters. The molecular formula is C9H11N3O. The molecule has 0 spiro atoms. The Hall–Kier alpha value is -1.55. The van der Waals surface area contributed by atoms with Gasteiger partial charge in [-0.15, -0.1) is 0 Å². The lowest BCUT2D eigenvalue weighted by molar-refractivity contribution is 0.751. The highest BCUT2D eigenvalue weighted by Crippen LogP contribution is 2.09. The maximum absolute atomic E-state index is 11.4. The predicted molar refractivity (Wildman–Crippen MR) is 51.4 cm³/mol. The molecule has 0 bridgehead atoms. The minimum absolute atomic E-state index is 0.00132. The minimum Gasteiger partial charge on any atom is -0.326 e. The van der Waals surface area contributed by atoms with Crippen LogP contribution in [0.15, 0.2) is 23.0 Å². The second kappa shape index (κ2) is 2.74. The smallest absolute Gasteiger partial charge is 0.274 e. The number of aryl methyl sites for hydroxylation is 1. The molecule has 1 heterocycles. The summed E-state index contributed by atoms with van der Waals surface area (Å²) in [6.45, 7) is 0.493. The molecule has 2 aromatic rings. The van der Waals surface area contributed by atoms with Crippen molar-refractivity contribution in [2.24, 2.45) is 12.8 Å². The Bertz CT molecular complexity index is 495. The van der Waals surface area contributed by atoms with Gasteiger partial charge in [0.1, 0.15) is 0 Å². The largest absolute Gasteiger partial charge is 0.326 e. The van der Waals surface area contributed by atoms with E-state index >= 15 is 0 Å². The van der Waals surface area contributed by atoms with E-state index in [4.69, 9.17) is 5.73 Å². The van der Waals surface area contributed by atoms with Crippen molar-refractivity contribution in [1.82, 2.24) is 9.78 Å². The fourth-order valence-corrected chi connectivity index (χ4v) is 1.41. The molecular weight excluding hydrogens is 166 g/mol. The standard InChI is InChI=1S/C9H11N3O/c1-12-9(13)7-3-2-6(5-10)4-8(7)11-12/h2-4,11H,5,10H2,1H3. The lowest BCUT2D eigenvalue weighted by atomic mass is 10.2. The van der Waals surface area contributed by atoms with Crippen molar-refractivity contribution in [2.45, 2.75) is 6.54 Å². The molecule has 68 valence electrons. The second-order valence-electron chi connectivity index (χ2n) is 3.06. The summed E-state index contributed by atoms with van der Waals surface area (Å²) in [6, 6.07) is 5.57. The number of fused-ring (bicyclic) bond motifs is 1. The number of hydrogen-bond acceptors (Lipinski definition) is 2. The van der Waals surface area contributed by atoms with Crippen LogP contribution in [0.2, 0.25) is 0 Å². The molecule has 0 unspecified atom stereocenters. The SMILES string of the molecule is Cn1[nH]c2cc(CN)ccc2c1=O. The monoisotopic (exact) mass is 177 g/mol. The summed E-state index contributed by atoms with van der Waals surface area (Å²) in [5.41, 5.74) is 7.35. The highest BCUT2D eigenvalue weighted by atomic mass is 16.1. The number of nitrogens with zero attached hydrogens (tertiary/aromatic N) is 1. The van der Waals surface area contributed by atoms with Crippen LogP contribution in [-0.4, -0.2) is 9.78 Å². The normalized spacial score (nSPS) is 10.9. The quantitative estimate of drug-likeness (QED) is 0.659. The van der Waals surface area contributed by atoms with Gasteiger partial charge >= 0.3 is 0 Å². The summed E-state index contributed by atoms with van der Waals surface area (Å²) in [7, 11) is 1.70. The van der Waals surface area contributed by atoms with Crippen LogP contribution < -0.4 is 11.3 Å². The molecule has 0 aliphatic rings. The number of aromatic nitrogens is 2. The Morgan fingerprint density at radius 3 is 3.00 bits per heavy atom. The van der Waals surface area contributed by atoms with Gasteiger partial charge in [0, 0.05) is 13.6 Å². The van der Waals surface area contributed by atoms with E-state index < -0.39 is 0 Å². The Labute approximate surface area is 75.0 Å². The van der Waals surface area contributed by atoms with Gasteiger partial charge in [-0.2, -0.15) is 0 Å². The topological polar surface area (TPSA) is 63.8 Å². The number of aromatic amines is 1. The third-order valence-electron chi connectivity index (χ3n) is 2.14. The Morgan fingerprint density at radius 1 is 1.54 bits per heavy atom. The molecule has 4 heteroatoms. The number of nitrogens with one attached hydrogen (secondary N) is 1. The predicted octanol–water partition coefficient (Wildman–Crippen LogP) is 0.325. The first-order valence-corrected chi connectivity index (χ1v) is 4.10. The Balaban J connectivity index is 2.80. The molecule has 0 fully saturated rings. The lowest BCUT2D eigenvalue weighted by Crippen LogP contribution is -2.10. The molecule has 0 amide bonds. The van der Waals surface area contributed by atoms with Crippen molar-refractivity contribution in [3.8, 4) is 0 Å². The van der Waals surface area contributed by atoms with Crippen LogP contribution in [-0.2, 0) is 13.6 Å². The summed E-state index contributed by atoms with van der Waals surface area (Å²) in [6.07, 6.45) is 0. The third-order valence-corrected chi connectivity index (χ3v) is 2.14. The molecule has 13 heavy (non-hydrogen) atoms. The first-order chi connectivity index (χ1) is 6.22. The van der Waals surface area contributed by atoms with E-state index in [1.54, 1.807) is 13.1 Å². The van der Waals surface area contributed by atoms with E-state index in [-0.39, 0.29) is 5.56 Å². The summed E-state index contributed by atoms with van der Waals surface area (Å²) in [5.74, 6) is 0. The molecule has 1 aromatic heterocycles. The highest BCUT2D eigenvalue weighted by Gasteiger charge is 2.02. The van der Waals surface area contributed by atoms with Gasteiger partial charge in [-0.25, -0.2) is 0 Å². The summed E-state index contributed by atoms with van der Waals surface area (Å²) < 4.78 is 1.46. The van der Waals surface area contributed by atoms with Gasteiger partial charge in [0.2, 0.25) is 0 Å². The molecule has 0 radical (unpaired) electrons. The van der Waals surface area contributed by atoms with E-state index in [2.05, 4.69) is 5.10 Å². The van der Waals surface area contributed by atoms with Gasteiger partial charge in [-0.05, 0) is 17.7 Å². The molecule has 0 saturated heterocycles. The fraction of sp³-hybridized carbons (Fsp3) is 0.222. The van der Waals surface area contributed by atoms with Gasteiger partial charge in [0.05, 0.1) is 10.9 Å². The molecule has 0 saturated carbocycles. The molecule has 2 rings (SSSR count). The number of benzene rings is 1. The van der Waals surface area contributed by atoms with Crippen LogP contribution in [0.5, 0.6) is 0 Å². The van der Waals surface area contributed by atoms with E-state index in [9.17, 15) is 4.79 Å². The maximum Gasteiger partial charge on any atom is 0.274 e. The number of H-pyrrole nitrogens is 1. The molecule has 4 nitrogen and oxygen atoms in total. The van der Waals surface area contributed by atoms with Crippen molar-refractivity contribution >= 4 is 10.9 Å². The summed E-state index contributed by atoms with van der Waals surface area (Å²) in [5, 5.41) is 3.66. The summed E-state index contributed by atoms with van der Waals surface area (Å²) in [4.78, 5) is 11.4. The third kappa shape index (κ3) is 1.15. The average Bonchev–Trinajstić information content (AvgIpc) is 2.42. The van der Waals surface area contributed by atoms with Gasteiger partial charge < -0.3 is 5.73 Å². The van der Waals surface area contributed by atoms with Crippen molar-refractivity contribution in [2.75, 3.05) is 0 Å². The molecule has 3 N–H and O–H groups in total. The van der Waals surface area contributed by atoms with Crippen LogP contribution in [0.25, 0.3) is 10.9 Å². The van der Waals surface area contributed by atoms with Crippen LogP contribution in [0.4, 0.5) is 0 Å². The zero-order chi connectivity index (χ0) is 9.42. The Kier molecular flexibility index (Phi) is 1.70. The van der Waals surface area contributed by atoms with Crippen molar-refractivity contribution in [3.05, 3.63) is 34.1 Å². The average molecular weight is 177 g/mol. The summed E-state index contributed by atoms with van der Waals surface area (Å²) >= 11 is 0. The van der Waals surface area contributed by atoms with Gasteiger partial charge in [-0.1, -0.05) is 6.07 Å². The van der Waals surface area contributed by atoms with E-state index in [0.717, 1.165) is 11.1 Å². The highest BCUT2D eigenvalue weighted by molar-refractivity contribution is 5.78. The zero-order valence-electron chi connectivity index (χ0n) is 7.37. The van der Waals surface area contributed by atoms with Crippen LogP contribution in [0.3, 0.4) is 0 Å². The molecule has 0 aliphatic carbocycles. The number of nitrogens with two attached hydrogens (primary N) is 1. The first kappa shape index (κ1) is 8.07. The number of rotatable bonds is 1. The van der Waals surface area contributed by atoms with Crippen molar-refractivity contribution < 1.29 is 0 Å². The van der Waals surface area contributed by atoms with Crippen molar-refractivity contribution in [1.29, 1.82) is 0 Å². The van der Waals surface area contributed by atoms with Crippen LogP contribution in [0.1, 0.15) is 5.56 Å². The number of hydrogen-bond donors (Lipinski definition) is 2. The zero-order valence-corrected chi connectivity index (χ0v) is 7.37. The van der Waals surface area contributed by atoms with Gasteiger partial charge in [-0.3, -0.25) is 14.6 Å². The first-order valence-electron chi connectivity index (χ1n) is 4.10. The van der Waals surface area contributed by atoms with E-state index in [0.29, 0.717) is 11.9 Å². The second-order valence-corrected chi connectivity index (χ2v) is 3.06. The molecule has 1 aromatic carbocycles. The van der Waals surface area contributed by atoms with Crippen LogP contribution in [0, 0.1) is 0 Å². The fourth-order valence-electron chi connectivity index (χ4n) is 1.41. The van der Waals surface area contributed by atoms with Gasteiger partial charge in [0.25, 0.3) is 5.56 Å². The van der Waals surface area contributed by atoms with E-state index in [1.807, 2.05) is 12.1 Å². The minimum atomic E-state index is -0.00132.